The third-order valence-corrected chi connectivity index (χ3v) is 12.8. The highest BCUT2D eigenvalue weighted by Gasteiger charge is 2.51. The molecule has 9 aromatic carbocycles. The van der Waals surface area contributed by atoms with Gasteiger partial charge in [0.15, 0.2) is 0 Å². The fourth-order valence-corrected chi connectivity index (χ4v) is 9.88. The van der Waals surface area contributed by atoms with Crippen LogP contribution in [0.25, 0.3) is 39.1 Å². The number of para-hydroxylation sites is 3. The largest absolute Gasteiger partial charge is 0.398 e. The summed E-state index contributed by atoms with van der Waals surface area (Å²) in [6.45, 7) is 0.709. The van der Waals surface area contributed by atoms with Crippen molar-refractivity contribution in [1.29, 1.82) is 0 Å². The second-order valence-corrected chi connectivity index (χ2v) is 16.3. The van der Waals surface area contributed by atoms with Gasteiger partial charge in [0.2, 0.25) is 0 Å². The number of nitrogens with one attached hydrogen (secondary N) is 1. The molecule has 3 heteroatoms. The molecular weight excluding hydrogens is 751 g/mol. The average molecular weight is 796 g/mol. The molecule has 0 bridgehead atoms. The molecule has 0 saturated carbocycles. The van der Waals surface area contributed by atoms with Gasteiger partial charge < -0.3 is 16.0 Å². The van der Waals surface area contributed by atoms with Crippen LogP contribution in [-0.2, 0) is 12.0 Å². The summed E-state index contributed by atoms with van der Waals surface area (Å²) in [5, 5.41) is 3.78. The zero-order chi connectivity index (χ0) is 41.5. The van der Waals surface area contributed by atoms with Gasteiger partial charge in [0.25, 0.3) is 0 Å². The van der Waals surface area contributed by atoms with Gasteiger partial charge >= 0.3 is 0 Å². The number of rotatable bonds is 9. The molecule has 0 amide bonds. The summed E-state index contributed by atoms with van der Waals surface area (Å²) < 4.78 is 0. The van der Waals surface area contributed by atoms with Crippen LogP contribution in [0.2, 0.25) is 0 Å². The molecule has 1 aliphatic heterocycles. The minimum atomic E-state index is -0.503. The second kappa shape index (κ2) is 15.7. The molecule has 1 unspecified atom stereocenters. The minimum Gasteiger partial charge on any atom is -0.398 e. The summed E-state index contributed by atoms with van der Waals surface area (Å²) in [6, 6.07) is 83.3. The molecule has 1 atom stereocenters. The number of nitrogens with zero attached hydrogens (tertiary/aromatic N) is 1. The van der Waals surface area contributed by atoms with Gasteiger partial charge in [0.1, 0.15) is 0 Å². The smallest absolute Gasteiger partial charge is 0.0754 e. The van der Waals surface area contributed by atoms with Crippen LogP contribution in [0.15, 0.2) is 237 Å². The third kappa shape index (κ3) is 6.34. The first kappa shape index (κ1) is 37.3. The minimum absolute atomic E-state index is 0.0710. The fraction of sp³-hybridized carbons (Fsp3) is 0.0508. The average Bonchev–Trinajstić information content (AvgIpc) is 3.64. The van der Waals surface area contributed by atoms with Crippen LogP contribution in [0.1, 0.15) is 45.0 Å². The van der Waals surface area contributed by atoms with Gasteiger partial charge in [-0.2, -0.15) is 0 Å². The lowest BCUT2D eigenvalue weighted by Crippen LogP contribution is -2.36. The predicted molar refractivity (Wildman–Crippen MR) is 257 cm³/mol. The van der Waals surface area contributed by atoms with Crippen LogP contribution in [0.5, 0.6) is 0 Å². The van der Waals surface area contributed by atoms with E-state index in [4.69, 9.17) is 5.73 Å². The van der Waals surface area contributed by atoms with E-state index in [0.717, 1.165) is 22.5 Å². The standard InChI is InChI=1S/C59H45N3/c60-55(39-56(46-18-6-2-7-19-46)61-40-41-28-30-43(31-29-41)42-16-4-1-5-17-42)45-34-32-44(33-35-45)47-36-37-50-49-22-10-11-23-51(49)59(54(50)38-47)52-24-12-14-26-57(52)62(48-20-8-3-9-21-48)58-27-15-13-25-53(58)59/h1-39,56,61H,40,60H2/b55-39-. The van der Waals surface area contributed by atoms with Crippen molar-refractivity contribution in [3.63, 3.8) is 0 Å². The maximum Gasteiger partial charge on any atom is 0.0754 e. The van der Waals surface area contributed by atoms with Gasteiger partial charge in [-0.1, -0.05) is 200 Å². The molecule has 0 fully saturated rings. The van der Waals surface area contributed by atoms with Crippen molar-refractivity contribution in [3.8, 4) is 33.4 Å². The summed E-state index contributed by atoms with van der Waals surface area (Å²) >= 11 is 0. The van der Waals surface area contributed by atoms with Crippen molar-refractivity contribution in [3.05, 3.63) is 276 Å². The van der Waals surface area contributed by atoms with Crippen LogP contribution in [-0.4, -0.2) is 0 Å². The van der Waals surface area contributed by atoms with Crippen molar-refractivity contribution >= 4 is 22.8 Å². The lowest BCUT2D eigenvalue weighted by Gasteiger charge is -2.45. The summed E-state index contributed by atoms with van der Waals surface area (Å²) in [4.78, 5) is 2.43. The Morgan fingerprint density at radius 3 is 1.65 bits per heavy atom. The van der Waals surface area contributed by atoms with Gasteiger partial charge in [0, 0.05) is 17.9 Å². The molecule has 2 aliphatic rings. The first-order chi connectivity index (χ1) is 30.7. The maximum atomic E-state index is 6.95. The number of fused-ring (bicyclic) bond motifs is 9. The predicted octanol–water partition coefficient (Wildman–Crippen LogP) is 14.0. The van der Waals surface area contributed by atoms with E-state index in [0.29, 0.717) is 6.54 Å². The SMILES string of the molecule is N/C(=C\C(NCc1ccc(-c2ccccc2)cc1)c1ccccc1)c1ccc(-c2ccc3c(c2)C2(c4ccccc4-3)c3ccccc3N(c3ccccc3)c3ccccc32)cc1. The molecule has 0 radical (unpaired) electrons. The molecule has 1 aliphatic carbocycles. The first-order valence-corrected chi connectivity index (χ1v) is 21.5. The van der Waals surface area contributed by atoms with Crippen molar-refractivity contribution in [2.75, 3.05) is 4.90 Å². The van der Waals surface area contributed by atoms with Crippen LogP contribution in [0.3, 0.4) is 0 Å². The maximum absolute atomic E-state index is 6.95. The second-order valence-electron chi connectivity index (χ2n) is 16.3. The first-order valence-electron chi connectivity index (χ1n) is 21.5. The fourth-order valence-electron chi connectivity index (χ4n) is 9.88. The molecular formula is C59H45N3. The van der Waals surface area contributed by atoms with E-state index >= 15 is 0 Å². The molecule has 62 heavy (non-hydrogen) atoms. The molecule has 3 nitrogen and oxygen atoms in total. The van der Waals surface area contributed by atoms with E-state index in [2.05, 4.69) is 247 Å². The number of benzene rings is 9. The van der Waals surface area contributed by atoms with Gasteiger partial charge in [0.05, 0.1) is 22.8 Å². The molecule has 296 valence electrons. The van der Waals surface area contributed by atoms with Gasteiger partial charge in [-0.3, -0.25) is 0 Å². The molecule has 1 heterocycles. The van der Waals surface area contributed by atoms with E-state index in [9.17, 15) is 0 Å². The number of nitrogens with two attached hydrogens (primary N) is 1. The Labute approximate surface area is 364 Å². The van der Waals surface area contributed by atoms with Crippen LogP contribution < -0.4 is 16.0 Å². The number of hydrogen-bond donors (Lipinski definition) is 2. The Balaban J connectivity index is 0.938. The normalized spacial score (nSPS) is 13.8. The number of hydrogen-bond acceptors (Lipinski definition) is 3. The van der Waals surface area contributed by atoms with Gasteiger partial charge in [-0.05, 0) is 109 Å². The molecule has 1 spiro atoms. The van der Waals surface area contributed by atoms with Crippen molar-refractivity contribution < 1.29 is 0 Å². The van der Waals surface area contributed by atoms with Crippen molar-refractivity contribution in [2.24, 2.45) is 5.73 Å². The summed E-state index contributed by atoms with van der Waals surface area (Å²) in [7, 11) is 0. The van der Waals surface area contributed by atoms with Crippen molar-refractivity contribution in [2.45, 2.75) is 18.0 Å². The summed E-state index contributed by atoms with van der Waals surface area (Å²) in [5.74, 6) is 0. The molecule has 3 N–H and O–H groups in total. The van der Waals surface area contributed by atoms with E-state index in [1.54, 1.807) is 0 Å². The van der Waals surface area contributed by atoms with Gasteiger partial charge in [-0.15, -0.1) is 0 Å². The quantitative estimate of drug-likeness (QED) is 0.153. The Morgan fingerprint density at radius 2 is 0.968 bits per heavy atom. The van der Waals surface area contributed by atoms with Crippen molar-refractivity contribution in [1.82, 2.24) is 5.32 Å². The number of anilines is 3. The Morgan fingerprint density at radius 1 is 0.468 bits per heavy atom. The third-order valence-electron chi connectivity index (χ3n) is 12.8. The zero-order valence-corrected chi connectivity index (χ0v) is 34.3. The molecule has 0 saturated heterocycles. The van der Waals surface area contributed by atoms with Gasteiger partial charge in [-0.25, -0.2) is 0 Å². The molecule has 11 rings (SSSR count). The highest BCUT2D eigenvalue weighted by molar-refractivity contribution is 5.96. The Kier molecular flexibility index (Phi) is 9.45. The van der Waals surface area contributed by atoms with E-state index in [1.807, 2.05) is 0 Å². The summed E-state index contributed by atoms with van der Waals surface area (Å²) in [5.41, 5.74) is 26.6. The lowest BCUT2D eigenvalue weighted by atomic mass is 9.64. The highest BCUT2D eigenvalue weighted by atomic mass is 15.2. The Hall–Kier alpha value is -7.72. The van der Waals surface area contributed by atoms with E-state index in [-0.39, 0.29) is 6.04 Å². The monoisotopic (exact) mass is 795 g/mol. The molecule has 9 aromatic rings. The van der Waals surface area contributed by atoms with Crippen LogP contribution >= 0.6 is 0 Å². The zero-order valence-electron chi connectivity index (χ0n) is 34.3. The topological polar surface area (TPSA) is 41.3 Å². The van der Waals surface area contributed by atoms with E-state index in [1.165, 1.54) is 72.6 Å². The lowest BCUT2D eigenvalue weighted by molar-refractivity contribution is 0.621. The molecule has 0 aromatic heterocycles. The summed E-state index contributed by atoms with van der Waals surface area (Å²) in [6.07, 6.45) is 2.15. The van der Waals surface area contributed by atoms with E-state index < -0.39 is 5.41 Å². The van der Waals surface area contributed by atoms with Crippen LogP contribution in [0.4, 0.5) is 17.1 Å². The Bertz CT molecular complexity index is 3020. The highest BCUT2D eigenvalue weighted by Crippen LogP contribution is 2.63. The van der Waals surface area contributed by atoms with Crippen LogP contribution in [0, 0.1) is 0 Å².